The van der Waals surface area contributed by atoms with Crippen molar-refractivity contribution >= 4 is 17.7 Å². The Labute approximate surface area is 118 Å². The first kappa shape index (κ1) is 14.2. The first-order chi connectivity index (χ1) is 9.11. The second-order valence-corrected chi connectivity index (χ2v) is 5.11. The second-order valence-electron chi connectivity index (χ2n) is 4.71. The Balaban J connectivity index is 1.99. The Bertz CT molecular complexity index is 448. The Morgan fingerprint density at radius 2 is 2.11 bits per heavy atom. The molecule has 1 fully saturated rings. The molecule has 2 rings (SSSR count). The van der Waals surface area contributed by atoms with E-state index < -0.39 is 12.2 Å². The summed E-state index contributed by atoms with van der Waals surface area (Å²) >= 11 is 6.14. The number of nitrogens with one attached hydrogen (secondary N) is 1. The summed E-state index contributed by atoms with van der Waals surface area (Å²) in [4.78, 5) is 11.6. The number of benzene rings is 1. The van der Waals surface area contributed by atoms with E-state index in [1.165, 1.54) is 0 Å². The Morgan fingerprint density at radius 1 is 1.42 bits per heavy atom. The third kappa shape index (κ3) is 3.85. The van der Waals surface area contributed by atoms with Crippen molar-refractivity contribution < 1.29 is 14.3 Å². The van der Waals surface area contributed by atoms with E-state index in [0.717, 1.165) is 18.4 Å². The van der Waals surface area contributed by atoms with Crippen LogP contribution in [0.1, 0.15) is 31.4 Å². The van der Waals surface area contributed by atoms with Gasteiger partial charge in [0.2, 0.25) is 0 Å². The molecule has 104 valence electrons. The summed E-state index contributed by atoms with van der Waals surface area (Å²) in [6.07, 6.45) is 0.870. The van der Waals surface area contributed by atoms with Crippen LogP contribution in [0.4, 0.5) is 4.79 Å². The van der Waals surface area contributed by atoms with Crippen molar-refractivity contribution in [2.24, 2.45) is 0 Å². The number of alkyl carbamates (subject to hydrolysis) is 1. The maximum atomic E-state index is 11.6. The van der Waals surface area contributed by atoms with Crippen molar-refractivity contribution in [3.8, 4) is 0 Å². The van der Waals surface area contributed by atoms with Gasteiger partial charge in [-0.3, -0.25) is 0 Å². The van der Waals surface area contributed by atoms with Crippen LogP contribution in [0.5, 0.6) is 0 Å². The lowest BCUT2D eigenvalue weighted by Crippen LogP contribution is -2.32. The highest BCUT2D eigenvalue weighted by Crippen LogP contribution is 2.29. The summed E-state index contributed by atoms with van der Waals surface area (Å²) in [5, 5.41) is 3.38. The molecule has 1 aromatic rings. The summed E-state index contributed by atoms with van der Waals surface area (Å²) in [6.45, 7) is 1.80. The summed E-state index contributed by atoms with van der Waals surface area (Å²) in [7, 11) is 1.58. The van der Waals surface area contributed by atoms with Gasteiger partial charge < -0.3 is 14.8 Å². The Morgan fingerprint density at radius 3 is 2.68 bits per heavy atom. The monoisotopic (exact) mass is 283 g/mol. The van der Waals surface area contributed by atoms with Gasteiger partial charge in [0.25, 0.3) is 0 Å². The van der Waals surface area contributed by atoms with Gasteiger partial charge in [0.1, 0.15) is 12.2 Å². The molecule has 0 radical (unpaired) electrons. The molecule has 1 aromatic carbocycles. The third-order valence-electron chi connectivity index (χ3n) is 3.08. The van der Waals surface area contributed by atoms with E-state index in [9.17, 15) is 4.79 Å². The molecule has 1 amide bonds. The van der Waals surface area contributed by atoms with Crippen molar-refractivity contribution in [1.82, 2.24) is 5.32 Å². The van der Waals surface area contributed by atoms with E-state index in [4.69, 9.17) is 21.1 Å². The lowest BCUT2D eigenvalue weighted by Gasteiger charge is -2.24. The minimum Gasteiger partial charge on any atom is -0.443 e. The van der Waals surface area contributed by atoms with Crippen LogP contribution >= 0.6 is 11.6 Å². The van der Waals surface area contributed by atoms with Crippen molar-refractivity contribution in [1.29, 1.82) is 0 Å². The largest absolute Gasteiger partial charge is 0.443 e. The zero-order chi connectivity index (χ0) is 13.8. The van der Waals surface area contributed by atoms with Crippen LogP contribution in [-0.4, -0.2) is 25.3 Å². The highest BCUT2D eigenvalue weighted by atomic mass is 35.5. The molecule has 1 aliphatic carbocycles. The number of carbonyl (C=O) groups excluding carboxylic acids is 1. The summed E-state index contributed by atoms with van der Waals surface area (Å²) in [5.74, 6) is 0. The second kappa shape index (κ2) is 6.26. The predicted molar refractivity (Wildman–Crippen MR) is 73.3 cm³/mol. The van der Waals surface area contributed by atoms with Gasteiger partial charge in [-0.25, -0.2) is 4.79 Å². The third-order valence-corrected chi connectivity index (χ3v) is 3.43. The van der Waals surface area contributed by atoms with E-state index in [1.807, 2.05) is 18.2 Å². The molecule has 2 atom stereocenters. The van der Waals surface area contributed by atoms with Gasteiger partial charge in [0.05, 0.1) is 0 Å². The maximum Gasteiger partial charge on any atom is 0.407 e. The molecule has 5 heteroatoms. The number of halogens is 1. The van der Waals surface area contributed by atoms with Crippen LogP contribution < -0.4 is 5.32 Å². The molecule has 0 aliphatic heterocycles. The van der Waals surface area contributed by atoms with Gasteiger partial charge in [0, 0.05) is 23.7 Å². The predicted octanol–water partition coefficient (Wildman–Crippen LogP) is 3.30. The van der Waals surface area contributed by atoms with E-state index >= 15 is 0 Å². The van der Waals surface area contributed by atoms with Crippen LogP contribution in [0, 0.1) is 0 Å². The number of methoxy groups -OCH3 is 1. The summed E-state index contributed by atoms with van der Waals surface area (Å²) in [5.41, 5.74) is 0.818. The molecule has 1 saturated carbocycles. The minimum atomic E-state index is -0.413. The fourth-order valence-corrected chi connectivity index (χ4v) is 2.18. The van der Waals surface area contributed by atoms with Crippen molar-refractivity contribution in [3.05, 3.63) is 34.9 Å². The van der Waals surface area contributed by atoms with E-state index in [-0.39, 0.29) is 12.1 Å². The van der Waals surface area contributed by atoms with Gasteiger partial charge in [0.15, 0.2) is 0 Å². The van der Waals surface area contributed by atoms with Crippen molar-refractivity contribution in [2.75, 3.05) is 7.11 Å². The molecule has 0 heterocycles. The molecular formula is C14H18ClNO3. The normalized spacial score (nSPS) is 17.6. The Hall–Kier alpha value is -1.26. The number of carbonyl (C=O) groups is 1. The smallest absolute Gasteiger partial charge is 0.407 e. The number of ether oxygens (including phenoxy) is 2. The fourth-order valence-electron chi connectivity index (χ4n) is 1.94. The zero-order valence-corrected chi connectivity index (χ0v) is 11.8. The summed E-state index contributed by atoms with van der Waals surface area (Å²) in [6, 6.07) is 7.67. The lowest BCUT2D eigenvalue weighted by molar-refractivity contribution is -0.0149. The first-order valence-electron chi connectivity index (χ1n) is 6.36. The van der Waals surface area contributed by atoms with Gasteiger partial charge in [-0.15, -0.1) is 0 Å². The molecule has 1 N–H and O–H groups in total. The fraction of sp³-hybridized carbons (Fsp3) is 0.500. The highest BCUT2D eigenvalue weighted by Gasteiger charge is 2.28. The Kier molecular flexibility index (Phi) is 4.66. The van der Waals surface area contributed by atoms with E-state index in [1.54, 1.807) is 20.1 Å². The number of amides is 1. The standard InChI is InChI=1S/C14H18ClNO3/c1-9(19-14(17)16-10-7-8-10)13(18-2)11-5-3-4-6-12(11)15/h3-6,9-10,13H,7-8H2,1-2H3,(H,16,17)/t9-,13+/m0/s1. The van der Waals surface area contributed by atoms with Gasteiger partial charge >= 0.3 is 6.09 Å². The van der Waals surface area contributed by atoms with E-state index in [0.29, 0.717) is 5.02 Å². The number of hydrogen-bond donors (Lipinski definition) is 1. The molecule has 0 bridgehead atoms. The van der Waals surface area contributed by atoms with Gasteiger partial charge in [-0.1, -0.05) is 29.8 Å². The van der Waals surface area contributed by atoms with Crippen LogP contribution in [-0.2, 0) is 9.47 Å². The highest BCUT2D eigenvalue weighted by molar-refractivity contribution is 6.31. The van der Waals surface area contributed by atoms with Gasteiger partial charge in [-0.05, 0) is 25.8 Å². The molecule has 0 unspecified atom stereocenters. The maximum absolute atomic E-state index is 11.6. The average Bonchev–Trinajstić information content (AvgIpc) is 3.16. The van der Waals surface area contributed by atoms with Crippen molar-refractivity contribution in [2.45, 2.75) is 38.0 Å². The molecule has 0 saturated heterocycles. The number of hydrogen-bond acceptors (Lipinski definition) is 3. The van der Waals surface area contributed by atoms with Crippen molar-refractivity contribution in [3.63, 3.8) is 0 Å². The molecular weight excluding hydrogens is 266 g/mol. The SMILES string of the molecule is CO[C@@H](c1ccccc1Cl)[C@H](C)OC(=O)NC1CC1. The lowest BCUT2D eigenvalue weighted by atomic mass is 10.1. The van der Waals surface area contributed by atoms with E-state index in [2.05, 4.69) is 5.32 Å². The van der Waals surface area contributed by atoms with Crippen LogP contribution in [0.15, 0.2) is 24.3 Å². The van der Waals surface area contributed by atoms with Crippen LogP contribution in [0.25, 0.3) is 0 Å². The molecule has 1 aliphatic rings. The molecule has 0 aromatic heterocycles. The van der Waals surface area contributed by atoms with Crippen LogP contribution in [0.2, 0.25) is 5.02 Å². The minimum absolute atomic E-state index is 0.279. The quantitative estimate of drug-likeness (QED) is 0.902. The van der Waals surface area contributed by atoms with Gasteiger partial charge in [-0.2, -0.15) is 0 Å². The van der Waals surface area contributed by atoms with Crippen LogP contribution in [0.3, 0.4) is 0 Å². The first-order valence-corrected chi connectivity index (χ1v) is 6.74. The number of rotatable bonds is 5. The molecule has 19 heavy (non-hydrogen) atoms. The average molecular weight is 284 g/mol. The zero-order valence-electron chi connectivity index (χ0n) is 11.1. The molecule has 0 spiro atoms. The topological polar surface area (TPSA) is 47.6 Å². The molecule has 4 nitrogen and oxygen atoms in total. The summed E-state index contributed by atoms with van der Waals surface area (Å²) < 4.78 is 10.7.